The summed E-state index contributed by atoms with van der Waals surface area (Å²) in [6, 6.07) is 0. The topological polar surface area (TPSA) is 21.3 Å². The summed E-state index contributed by atoms with van der Waals surface area (Å²) in [6.45, 7) is 7.64. The first-order valence-electron chi connectivity index (χ1n) is 5.11. The smallest absolute Gasteiger partial charge is 0.0699 e. The fourth-order valence-corrected chi connectivity index (χ4v) is 1.43. The van der Waals surface area contributed by atoms with Crippen LogP contribution in [0.3, 0.4) is 0 Å². The maximum atomic E-state index is 5.73. The highest BCUT2D eigenvalue weighted by molar-refractivity contribution is 4.68. The minimum absolute atomic E-state index is 0.484. The third-order valence-corrected chi connectivity index (χ3v) is 2.30. The van der Waals surface area contributed by atoms with Crippen LogP contribution in [0.4, 0.5) is 0 Å². The van der Waals surface area contributed by atoms with Crippen LogP contribution in [0.25, 0.3) is 0 Å². The van der Waals surface area contributed by atoms with E-state index in [0.29, 0.717) is 6.10 Å². The predicted molar refractivity (Wildman–Crippen MR) is 51.3 cm³/mol. The molecule has 0 amide bonds. The van der Waals surface area contributed by atoms with E-state index in [-0.39, 0.29) is 0 Å². The van der Waals surface area contributed by atoms with E-state index in [4.69, 9.17) is 4.74 Å². The van der Waals surface area contributed by atoms with Gasteiger partial charge in [-0.05, 0) is 31.7 Å². The Hall–Kier alpha value is -0.0800. The molecule has 0 spiro atoms. The molecule has 2 nitrogen and oxygen atoms in total. The number of hydrogen-bond acceptors (Lipinski definition) is 2. The second-order valence-electron chi connectivity index (χ2n) is 4.02. The molecule has 0 aromatic heterocycles. The molecule has 1 aliphatic heterocycles. The van der Waals surface area contributed by atoms with Crippen LogP contribution >= 0.6 is 0 Å². The Balaban J connectivity index is 1.98. The highest BCUT2D eigenvalue weighted by Crippen LogP contribution is 2.08. The molecular formula is C10H21NO. The molecule has 1 saturated heterocycles. The number of piperidine rings is 1. The molecule has 1 rings (SSSR count). The lowest BCUT2D eigenvalue weighted by molar-refractivity contribution is 0.0312. The van der Waals surface area contributed by atoms with Gasteiger partial charge in [0.2, 0.25) is 0 Å². The monoisotopic (exact) mass is 171 g/mol. The van der Waals surface area contributed by atoms with Gasteiger partial charge in [0.05, 0.1) is 6.10 Å². The minimum Gasteiger partial charge on any atom is -0.377 e. The third kappa shape index (κ3) is 4.07. The fraction of sp³-hybridized carbons (Fsp3) is 1.00. The molecule has 0 bridgehead atoms. The van der Waals surface area contributed by atoms with Crippen LogP contribution in [0.1, 0.15) is 33.1 Å². The summed E-state index contributed by atoms with van der Waals surface area (Å²) in [7, 11) is 0. The van der Waals surface area contributed by atoms with Crippen molar-refractivity contribution < 1.29 is 4.74 Å². The van der Waals surface area contributed by atoms with Gasteiger partial charge in [0.25, 0.3) is 0 Å². The van der Waals surface area contributed by atoms with E-state index < -0.39 is 0 Å². The molecule has 0 radical (unpaired) electrons. The molecule has 1 fully saturated rings. The van der Waals surface area contributed by atoms with Crippen LogP contribution in [-0.2, 0) is 4.74 Å². The van der Waals surface area contributed by atoms with Crippen LogP contribution in [0, 0.1) is 5.92 Å². The highest BCUT2D eigenvalue weighted by atomic mass is 16.5. The molecule has 0 aliphatic carbocycles. The summed E-state index contributed by atoms with van der Waals surface area (Å²) >= 11 is 0. The molecule has 1 N–H and O–H groups in total. The molecule has 1 atom stereocenters. The Morgan fingerprint density at radius 1 is 1.50 bits per heavy atom. The van der Waals surface area contributed by atoms with Crippen LogP contribution in [0.15, 0.2) is 0 Å². The zero-order valence-electron chi connectivity index (χ0n) is 8.31. The van der Waals surface area contributed by atoms with Crippen LogP contribution in [0.2, 0.25) is 0 Å². The Morgan fingerprint density at radius 3 is 2.92 bits per heavy atom. The predicted octanol–water partition coefficient (Wildman–Crippen LogP) is 1.80. The van der Waals surface area contributed by atoms with Gasteiger partial charge in [-0.2, -0.15) is 0 Å². The summed E-state index contributed by atoms with van der Waals surface area (Å²) in [6.07, 6.45) is 4.19. The van der Waals surface area contributed by atoms with Crippen molar-refractivity contribution in [3.05, 3.63) is 0 Å². The van der Waals surface area contributed by atoms with Crippen molar-refractivity contribution in [1.29, 1.82) is 0 Å². The number of hydrogen-bond donors (Lipinski definition) is 1. The first kappa shape index (κ1) is 10.0. The maximum absolute atomic E-state index is 5.73. The van der Waals surface area contributed by atoms with Crippen molar-refractivity contribution in [2.45, 2.75) is 39.2 Å². The van der Waals surface area contributed by atoms with Gasteiger partial charge in [0.15, 0.2) is 0 Å². The zero-order chi connectivity index (χ0) is 8.81. The molecule has 0 aromatic carbocycles. The Kier molecular flexibility index (Phi) is 4.62. The van der Waals surface area contributed by atoms with E-state index in [2.05, 4.69) is 19.2 Å². The van der Waals surface area contributed by atoms with E-state index in [1.165, 1.54) is 25.8 Å². The summed E-state index contributed by atoms with van der Waals surface area (Å²) in [5, 5.41) is 3.35. The van der Waals surface area contributed by atoms with Gasteiger partial charge >= 0.3 is 0 Å². The van der Waals surface area contributed by atoms with Crippen molar-refractivity contribution in [2.24, 2.45) is 5.92 Å². The second-order valence-corrected chi connectivity index (χ2v) is 4.02. The average molecular weight is 171 g/mol. The van der Waals surface area contributed by atoms with Gasteiger partial charge in [-0.1, -0.05) is 13.8 Å². The fourth-order valence-electron chi connectivity index (χ4n) is 1.43. The summed E-state index contributed by atoms with van der Waals surface area (Å²) in [4.78, 5) is 0. The van der Waals surface area contributed by atoms with E-state index in [1.807, 2.05) is 0 Å². The van der Waals surface area contributed by atoms with Crippen LogP contribution in [-0.4, -0.2) is 25.8 Å². The Labute approximate surface area is 75.7 Å². The highest BCUT2D eigenvalue weighted by Gasteiger charge is 2.12. The molecule has 0 saturated carbocycles. The SMILES string of the molecule is CC(C)CCO[C@@H]1CCCNC1. The van der Waals surface area contributed by atoms with E-state index in [1.54, 1.807) is 0 Å². The van der Waals surface area contributed by atoms with E-state index in [9.17, 15) is 0 Å². The Bertz CT molecular complexity index is 108. The lowest BCUT2D eigenvalue weighted by atomic mass is 10.1. The van der Waals surface area contributed by atoms with E-state index >= 15 is 0 Å². The number of nitrogens with one attached hydrogen (secondary N) is 1. The minimum atomic E-state index is 0.484. The van der Waals surface area contributed by atoms with E-state index in [0.717, 1.165) is 19.1 Å². The van der Waals surface area contributed by atoms with Crippen molar-refractivity contribution in [2.75, 3.05) is 19.7 Å². The lowest BCUT2D eigenvalue weighted by Crippen LogP contribution is -2.35. The lowest BCUT2D eigenvalue weighted by Gasteiger charge is -2.23. The van der Waals surface area contributed by atoms with Crippen molar-refractivity contribution >= 4 is 0 Å². The van der Waals surface area contributed by atoms with Gasteiger partial charge in [-0.25, -0.2) is 0 Å². The first-order chi connectivity index (χ1) is 5.79. The maximum Gasteiger partial charge on any atom is 0.0699 e. The average Bonchev–Trinajstić information content (AvgIpc) is 2.05. The third-order valence-electron chi connectivity index (χ3n) is 2.30. The Morgan fingerprint density at radius 2 is 2.33 bits per heavy atom. The molecule has 0 unspecified atom stereocenters. The van der Waals surface area contributed by atoms with Gasteiger partial charge in [-0.15, -0.1) is 0 Å². The van der Waals surface area contributed by atoms with Crippen molar-refractivity contribution in [1.82, 2.24) is 5.32 Å². The molecular weight excluding hydrogens is 150 g/mol. The van der Waals surface area contributed by atoms with Crippen LogP contribution in [0.5, 0.6) is 0 Å². The van der Waals surface area contributed by atoms with Gasteiger partial charge in [0, 0.05) is 13.2 Å². The van der Waals surface area contributed by atoms with Gasteiger partial charge in [0.1, 0.15) is 0 Å². The van der Waals surface area contributed by atoms with Crippen molar-refractivity contribution in [3.63, 3.8) is 0 Å². The van der Waals surface area contributed by atoms with Gasteiger partial charge < -0.3 is 10.1 Å². The normalized spacial score (nSPS) is 24.8. The molecule has 1 heterocycles. The molecule has 72 valence electrons. The van der Waals surface area contributed by atoms with Crippen LogP contribution < -0.4 is 5.32 Å². The molecule has 0 aromatic rings. The second kappa shape index (κ2) is 5.55. The molecule has 1 aliphatic rings. The zero-order valence-corrected chi connectivity index (χ0v) is 8.31. The molecule has 12 heavy (non-hydrogen) atoms. The number of ether oxygens (including phenoxy) is 1. The molecule has 2 heteroatoms. The number of rotatable bonds is 4. The first-order valence-corrected chi connectivity index (χ1v) is 5.11. The van der Waals surface area contributed by atoms with Crippen molar-refractivity contribution in [3.8, 4) is 0 Å². The summed E-state index contributed by atoms with van der Waals surface area (Å²) in [5.74, 6) is 0.765. The largest absolute Gasteiger partial charge is 0.377 e. The standard InChI is InChI=1S/C10H21NO/c1-9(2)5-7-12-10-4-3-6-11-8-10/h9-11H,3-8H2,1-2H3/t10-/m1/s1. The summed E-state index contributed by atoms with van der Waals surface area (Å²) < 4.78 is 5.73. The van der Waals surface area contributed by atoms with Gasteiger partial charge in [-0.3, -0.25) is 0 Å². The summed E-state index contributed by atoms with van der Waals surface area (Å²) in [5.41, 5.74) is 0. The quantitative estimate of drug-likeness (QED) is 0.696.